The van der Waals surface area contributed by atoms with Crippen LogP contribution in [0, 0.1) is 12.8 Å². The van der Waals surface area contributed by atoms with Crippen LogP contribution in [0.25, 0.3) is 0 Å². The van der Waals surface area contributed by atoms with Crippen molar-refractivity contribution in [2.24, 2.45) is 5.92 Å². The van der Waals surface area contributed by atoms with Crippen molar-refractivity contribution in [2.75, 3.05) is 31.8 Å². The lowest BCUT2D eigenvalue weighted by molar-refractivity contribution is 0.157. The zero-order chi connectivity index (χ0) is 13.8. The summed E-state index contributed by atoms with van der Waals surface area (Å²) in [6, 6.07) is 2.47. The number of fused-ring (bicyclic) bond motifs is 3. The predicted molar refractivity (Wildman–Crippen MR) is 76.9 cm³/mol. The van der Waals surface area contributed by atoms with Gasteiger partial charge in [-0.3, -0.25) is 0 Å². The minimum absolute atomic E-state index is 0.469. The molecule has 0 aliphatic carbocycles. The number of ether oxygens (including phenoxy) is 2. The quantitative estimate of drug-likeness (QED) is 0.822. The van der Waals surface area contributed by atoms with Gasteiger partial charge in [-0.2, -0.15) is 0 Å². The SMILES string of the molecule is CC.COCC1CC2COc3c(C)ccnc3N2C1. The molecule has 0 spiro atoms. The first-order chi connectivity index (χ1) is 9.29. The summed E-state index contributed by atoms with van der Waals surface area (Å²) in [6.07, 6.45) is 3.01. The number of rotatable bonds is 2. The number of hydrogen-bond acceptors (Lipinski definition) is 4. The van der Waals surface area contributed by atoms with Gasteiger partial charge in [0, 0.05) is 25.8 Å². The molecule has 2 atom stereocenters. The van der Waals surface area contributed by atoms with Gasteiger partial charge in [0.1, 0.15) is 6.61 Å². The van der Waals surface area contributed by atoms with E-state index in [9.17, 15) is 0 Å². The monoisotopic (exact) mass is 264 g/mol. The van der Waals surface area contributed by atoms with Crippen LogP contribution in [0.3, 0.4) is 0 Å². The predicted octanol–water partition coefficient (Wildman–Crippen LogP) is 2.65. The Kier molecular flexibility index (Phi) is 4.64. The van der Waals surface area contributed by atoms with Crippen molar-refractivity contribution in [2.45, 2.75) is 33.2 Å². The molecule has 3 heterocycles. The molecule has 19 heavy (non-hydrogen) atoms. The summed E-state index contributed by atoms with van der Waals surface area (Å²) in [4.78, 5) is 6.86. The number of aryl methyl sites for hydroxylation is 1. The largest absolute Gasteiger partial charge is 0.487 e. The second-order valence-corrected chi connectivity index (χ2v) is 4.95. The second-order valence-electron chi connectivity index (χ2n) is 4.95. The highest BCUT2D eigenvalue weighted by atomic mass is 16.5. The molecule has 2 unspecified atom stereocenters. The van der Waals surface area contributed by atoms with Gasteiger partial charge >= 0.3 is 0 Å². The molecule has 106 valence electrons. The molecule has 4 heteroatoms. The highest BCUT2D eigenvalue weighted by molar-refractivity contribution is 5.59. The molecule has 0 N–H and O–H groups in total. The Morgan fingerprint density at radius 1 is 1.47 bits per heavy atom. The third kappa shape index (κ3) is 2.68. The van der Waals surface area contributed by atoms with E-state index in [1.54, 1.807) is 7.11 Å². The summed E-state index contributed by atoms with van der Waals surface area (Å²) in [5.41, 5.74) is 1.17. The molecule has 1 saturated heterocycles. The molecule has 1 aromatic heterocycles. The third-order valence-electron chi connectivity index (χ3n) is 3.68. The highest BCUT2D eigenvalue weighted by Crippen LogP contribution is 2.39. The molecule has 3 rings (SSSR count). The van der Waals surface area contributed by atoms with Gasteiger partial charge in [0.25, 0.3) is 0 Å². The maximum Gasteiger partial charge on any atom is 0.172 e. The van der Waals surface area contributed by atoms with E-state index in [4.69, 9.17) is 9.47 Å². The molecule has 1 fully saturated rings. The number of anilines is 1. The van der Waals surface area contributed by atoms with Gasteiger partial charge in [-0.05, 0) is 25.0 Å². The first-order valence-electron chi connectivity index (χ1n) is 7.13. The van der Waals surface area contributed by atoms with Crippen LogP contribution in [-0.4, -0.2) is 37.9 Å². The van der Waals surface area contributed by atoms with E-state index in [1.807, 2.05) is 26.1 Å². The van der Waals surface area contributed by atoms with Crippen LogP contribution in [0.15, 0.2) is 12.3 Å². The zero-order valence-electron chi connectivity index (χ0n) is 12.3. The maximum atomic E-state index is 5.85. The molecule has 2 aliphatic rings. The van der Waals surface area contributed by atoms with E-state index in [1.165, 1.54) is 5.56 Å². The summed E-state index contributed by atoms with van der Waals surface area (Å²) in [6.45, 7) is 8.71. The van der Waals surface area contributed by atoms with Crippen LogP contribution >= 0.6 is 0 Å². The lowest BCUT2D eigenvalue weighted by Gasteiger charge is -2.32. The van der Waals surface area contributed by atoms with E-state index < -0.39 is 0 Å². The van der Waals surface area contributed by atoms with Gasteiger partial charge in [0.05, 0.1) is 12.6 Å². The van der Waals surface area contributed by atoms with Gasteiger partial charge in [0.15, 0.2) is 11.6 Å². The number of nitrogens with zero attached hydrogens (tertiary/aromatic N) is 2. The standard InChI is InChI=1S/C13H18N2O2.C2H6/c1-9-3-4-14-13-12(9)17-8-11-5-10(7-16-2)6-15(11)13;1-2/h3-4,10-11H,5-8H2,1-2H3;1-2H3. The average Bonchev–Trinajstić information content (AvgIpc) is 2.85. The number of aromatic nitrogens is 1. The smallest absolute Gasteiger partial charge is 0.172 e. The van der Waals surface area contributed by atoms with Gasteiger partial charge in [-0.1, -0.05) is 13.8 Å². The molecule has 0 bridgehead atoms. The Hall–Kier alpha value is -1.29. The van der Waals surface area contributed by atoms with Crippen molar-refractivity contribution in [3.05, 3.63) is 17.8 Å². The lowest BCUT2D eigenvalue weighted by Crippen LogP contribution is -2.39. The zero-order valence-corrected chi connectivity index (χ0v) is 12.3. The van der Waals surface area contributed by atoms with Crippen molar-refractivity contribution in [1.82, 2.24) is 4.98 Å². The number of pyridine rings is 1. The van der Waals surface area contributed by atoms with E-state index in [-0.39, 0.29) is 0 Å². The fraction of sp³-hybridized carbons (Fsp3) is 0.667. The van der Waals surface area contributed by atoms with E-state index in [2.05, 4.69) is 16.8 Å². The fourth-order valence-electron chi connectivity index (χ4n) is 2.88. The second kappa shape index (κ2) is 6.24. The topological polar surface area (TPSA) is 34.6 Å². The molecule has 0 aromatic carbocycles. The average molecular weight is 264 g/mol. The molecule has 2 aliphatic heterocycles. The first kappa shape index (κ1) is 14.1. The number of methoxy groups -OCH3 is 1. The summed E-state index contributed by atoms with van der Waals surface area (Å²) >= 11 is 0. The molecule has 0 amide bonds. The highest BCUT2D eigenvalue weighted by Gasteiger charge is 2.38. The van der Waals surface area contributed by atoms with Crippen LogP contribution < -0.4 is 9.64 Å². The maximum absolute atomic E-state index is 5.85. The van der Waals surface area contributed by atoms with Crippen LogP contribution in [0.2, 0.25) is 0 Å². The molecular weight excluding hydrogens is 240 g/mol. The summed E-state index contributed by atoms with van der Waals surface area (Å²) in [5.74, 6) is 2.57. The Morgan fingerprint density at radius 2 is 2.26 bits per heavy atom. The van der Waals surface area contributed by atoms with Crippen LogP contribution in [-0.2, 0) is 4.74 Å². The van der Waals surface area contributed by atoms with Crippen LogP contribution in [0.1, 0.15) is 25.8 Å². The molecular formula is C15H24N2O2. The Bertz CT molecular complexity index is 423. The van der Waals surface area contributed by atoms with E-state index >= 15 is 0 Å². The van der Waals surface area contributed by atoms with E-state index in [0.29, 0.717) is 12.0 Å². The van der Waals surface area contributed by atoms with Crippen molar-refractivity contribution in [3.63, 3.8) is 0 Å². The van der Waals surface area contributed by atoms with Gasteiger partial charge in [0.2, 0.25) is 0 Å². The fourth-order valence-corrected chi connectivity index (χ4v) is 2.88. The molecule has 0 radical (unpaired) electrons. The van der Waals surface area contributed by atoms with Crippen molar-refractivity contribution < 1.29 is 9.47 Å². The van der Waals surface area contributed by atoms with E-state index in [0.717, 1.165) is 37.7 Å². The third-order valence-corrected chi connectivity index (χ3v) is 3.68. The lowest BCUT2D eigenvalue weighted by atomic mass is 10.1. The van der Waals surface area contributed by atoms with Crippen molar-refractivity contribution >= 4 is 5.82 Å². The number of hydrogen-bond donors (Lipinski definition) is 0. The summed E-state index contributed by atoms with van der Waals surface area (Å²) < 4.78 is 11.1. The molecule has 1 aromatic rings. The minimum atomic E-state index is 0.469. The van der Waals surface area contributed by atoms with Crippen molar-refractivity contribution in [1.29, 1.82) is 0 Å². The minimum Gasteiger partial charge on any atom is -0.487 e. The Balaban J connectivity index is 0.000000637. The Labute approximate surface area is 115 Å². The van der Waals surface area contributed by atoms with Gasteiger partial charge in [-0.25, -0.2) is 4.98 Å². The molecule has 4 nitrogen and oxygen atoms in total. The Morgan fingerprint density at radius 3 is 3.00 bits per heavy atom. The summed E-state index contributed by atoms with van der Waals surface area (Å²) in [7, 11) is 1.77. The van der Waals surface area contributed by atoms with Gasteiger partial charge < -0.3 is 14.4 Å². The normalized spacial score (nSPS) is 23.9. The van der Waals surface area contributed by atoms with Crippen molar-refractivity contribution in [3.8, 4) is 5.75 Å². The van der Waals surface area contributed by atoms with Crippen LogP contribution in [0.5, 0.6) is 5.75 Å². The molecule has 0 saturated carbocycles. The first-order valence-corrected chi connectivity index (χ1v) is 7.13. The summed E-state index contributed by atoms with van der Waals surface area (Å²) in [5, 5.41) is 0. The van der Waals surface area contributed by atoms with Crippen LogP contribution in [0.4, 0.5) is 5.82 Å². The van der Waals surface area contributed by atoms with Gasteiger partial charge in [-0.15, -0.1) is 0 Å².